The van der Waals surface area contributed by atoms with Gasteiger partial charge in [0, 0.05) is 25.5 Å². The quantitative estimate of drug-likeness (QED) is 0.680. The number of carbonyl (C=O) groups excluding carboxylic acids is 1. The second-order valence-electron chi connectivity index (χ2n) is 6.48. The Balaban J connectivity index is 1.42. The highest BCUT2D eigenvalue weighted by Crippen LogP contribution is 2.22. The van der Waals surface area contributed by atoms with E-state index in [0.717, 1.165) is 37.7 Å². The maximum absolute atomic E-state index is 12.1. The van der Waals surface area contributed by atoms with Gasteiger partial charge in [0.15, 0.2) is 6.29 Å². The molecule has 0 spiro atoms. The number of sulfonamides is 1. The predicted molar refractivity (Wildman–Crippen MR) is 90.9 cm³/mol. The lowest BCUT2D eigenvalue weighted by atomic mass is 10.1. The number of nitrogens with one attached hydrogen (secondary N) is 2. The van der Waals surface area contributed by atoms with Gasteiger partial charge in [0.1, 0.15) is 0 Å². The van der Waals surface area contributed by atoms with Gasteiger partial charge >= 0.3 is 0 Å². The molecule has 1 heterocycles. The fourth-order valence-electron chi connectivity index (χ4n) is 2.57. The summed E-state index contributed by atoms with van der Waals surface area (Å²) >= 11 is 0. The summed E-state index contributed by atoms with van der Waals surface area (Å²) in [6.07, 6.45) is 5.06. The number of hydrogen-bond acceptors (Lipinski definition) is 5. The molecule has 2 fully saturated rings. The minimum atomic E-state index is -3.43. The maximum Gasteiger partial charge on any atom is 0.243 e. The molecule has 1 aliphatic carbocycles. The van der Waals surface area contributed by atoms with E-state index in [0.29, 0.717) is 13.0 Å². The number of ether oxygens (including phenoxy) is 1. The first kappa shape index (κ1) is 18.3. The number of amides is 1. The lowest BCUT2D eigenvalue weighted by Gasteiger charge is -2.22. The van der Waals surface area contributed by atoms with Crippen LogP contribution in [0.15, 0.2) is 29.2 Å². The van der Waals surface area contributed by atoms with E-state index < -0.39 is 10.0 Å². The molecule has 0 aromatic heterocycles. The molecule has 2 N–H and O–H groups in total. The van der Waals surface area contributed by atoms with Crippen LogP contribution in [0.25, 0.3) is 0 Å². The van der Waals surface area contributed by atoms with Crippen LogP contribution in [0.1, 0.15) is 44.1 Å². The number of rotatable bonds is 8. The van der Waals surface area contributed by atoms with Gasteiger partial charge in [-0.1, -0.05) is 12.1 Å². The molecule has 2 aliphatic rings. The molecule has 1 amide bonds. The van der Waals surface area contributed by atoms with E-state index in [2.05, 4.69) is 10.2 Å². The van der Waals surface area contributed by atoms with Crippen LogP contribution in [0.3, 0.4) is 0 Å². The molecular weight excluding hydrogens is 344 g/mol. The molecular formula is C17H24N2O5S. The molecule has 1 saturated carbocycles. The van der Waals surface area contributed by atoms with Crippen molar-refractivity contribution in [1.82, 2.24) is 10.2 Å². The maximum atomic E-state index is 12.1. The Kier molecular flexibility index (Phi) is 6.06. The summed E-state index contributed by atoms with van der Waals surface area (Å²) in [6, 6.07) is 6.70. The number of benzene rings is 1. The minimum absolute atomic E-state index is 0.0847. The van der Waals surface area contributed by atoms with Gasteiger partial charge in [-0.3, -0.25) is 4.79 Å². The number of hydrogen-bond donors (Lipinski definition) is 2. The summed E-state index contributed by atoms with van der Waals surface area (Å²) in [4.78, 5) is 17.3. The molecule has 0 radical (unpaired) electrons. The van der Waals surface area contributed by atoms with Crippen LogP contribution in [0.4, 0.5) is 0 Å². The Bertz CT molecular complexity index is 679. The van der Waals surface area contributed by atoms with Gasteiger partial charge in [-0.25, -0.2) is 23.5 Å². The van der Waals surface area contributed by atoms with E-state index in [-0.39, 0.29) is 29.6 Å². The fraction of sp³-hybridized carbons (Fsp3) is 0.588. The van der Waals surface area contributed by atoms with Crippen LogP contribution in [0.2, 0.25) is 0 Å². The molecule has 25 heavy (non-hydrogen) atoms. The Morgan fingerprint density at radius 1 is 1.16 bits per heavy atom. The zero-order valence-electron chi connectivity index (χ0n) is 14.1. The lowest BCUT2D eigenvalue weighted by molar-refractivity contribution is -0.200. The molecule has 138 valence electrons. The van der Waals surface area contributed by atoms with E-state index in [1.165, 1.54) is 0 Å². The molecule has 1 aromatic carbocycles. The SMILES string of the molecule is O=C(CCc1ccc(S(=O)(=O)NC2CC2)cc1)NOC1CCCCO1. The highest BCUT2D eigenvalue weighted by Gasteiger charge is 2.27. The lowest BCUT2D eigenvalue weighted by Crippen LogP contribution is -2.33. The van der Waals surface area contributed by atoms with E-state index in [9.17, 15) is 13.2 Å². The Labute approximate surface area is 148 Å². The van der Waals surface area contributed by atoms with Crippen molar-refractivity contribution in [1.29, 1.82) is 0 Å². The zero-order chi connectivity index (χ0) is 17.7. The van der Waals surface area contributed by atoms with Gasteiger partial charge < -0.3 is 4.74 Å². The smallest absolute Gasteiger partial charge is 0.243 e. The number of hydroxylamine groups is 1. The first-order valence-corrected chi connectivity index (χ1v) is 10.2. The second-order valence-corrected chi connectivity index (χ2v) is 8.19. The van der Waals surface area contributed by atoms with Crippen LogP contribution in [0.5, 0.6) is 0 Å². The highest BCUT2D eigenvalue weighted by molar-refractivity contribution is 7.89. The van der Waals surface area contributed by atoms with Crippen molar-refractivity contribution in [2.45, 2.75) is 62.2 Å². The van der Waals surface area contributed by atoms with Crippen molar-refractivity contribution in [3.8, 4) is 0 Å². The molecule has 7 nitrogen and oxygen atoms in total. The van der Waals surface area contributed by atoms with Gasteiger partial charge in [-0.05, 0) is 49.8 Å². The normalized spacial score (nSPS) is 21.0. The third kappa shape index (κ3) is 5.78. The zero-order valence-corrected chi connectivity index (χ0v) is 14.9. The minimum Gasteiger partial charge on any atom is -0.350 e. The topological polar surface area (TPSA) is 93.7 Å². The summed E-state index contributed by atoms with van der Waals surface area (Å²) in [7, 11) is -3.43. The average Bonchev–Trinajstić information content (AvgIpc) is 3.43. The third-order valence-corrected chi connectivity index (χ3v) is 5.75. The Hall–Kier alpha value is -1.48. The van der Waals surface area contributed by atoms with Crippen LogP contribution in [-0.2, 0) is 30.8 Å². The summed E-state index contributed by atoms with van der Waals surface area (Å²) in [5.74, 6) is -0.221. The van der Waals surface area contributed by atoms with Gasteiger partial charge in [-0.2, -0.15) is 0 Å². The largest absolute Gasteiger partial charge is 0.350 e. The summed E-state index contributed by atoms with van der Waals surface area (Å²) in [5.41, 5.74) is 3.31. The van der Waals surface area contributed by atoms with Gasteiger partial charge in [0.2, 0.25) is 15.9 Å². The van der Waals surface area contributed by atoms with Crippen molar-refractivity contribution >= 4 is 15.9 Å². The van der Waals surface area contributed by atoms with Gasteiger partial charge in [0.05, 0.1) is 4.90 Å². The molecule has 0 bridgehead atoms. The monoisotopic (exact) mass is 368 g/mol. The summed E-state index contributed by atoms with van der Waals surface area (Å²) in [6.45, 7) is 0.658. The average molecular weight is 368 g/mol. The summed E-state index contributed by atoms with van der Waals surface area (Å²) in [5, 5.41) is 0. The molecule has 1 atom stereocenters. The standard InChI is InChI=1S/C17H24N2O5S/c20-16(18-24-17-3-1-2-12-23-17)11-6-13-4-9-15(10-5-13)25(21,22)19-14-7-8-14/h4-5,9-10,14,17,19H,1-3,6-8,11-12H2,(H,18,20). The van der Waals surface area contributed by atoms with E-state index >= 15 is 0 Å². The summed E-state index contributed by atoms with van der Waals surface area (Å²) < 4.78 is 32.2. The first-order valence-electron chi connectivity index (χ1n) is 8.70. The third-order valence-electron chi connectivity index (χ3n) is 4.22. The molecule has 3 rings (SSSR count). The van der Waals surface area contributed by atoms with Gasteiger partial charge in [0.25, 0.3) is 0 Å². The van der Waals surface area contributed by atoms with Crippen molar-refractivity contribution in [2.24, 2.45) is 0 Å². The van der Waals surface area contributed by atoms with Crippen LogP contribution < -0.4 is 10.2 Å². The van der Waals surface area contributed by atoms with Crippen molar-refractivity contribution in [3.05, 3.63) is 29.8 Å². The van der Waals surface area contributed by atoms with E-state index in [1.54, 1.807) is 24.3 Å². The highest BCUT2D eigenvalue weighted by atomic mass is 32.2. The molecule has 1 saturated heterocycles. The molecule has 1 aliphatic heterocycles. The van der Waals surface area contributed by atoms with Crippen molar-refractivity contribution < 1.29 is 22.8 Å². The fourth-order valence-corrected chi connectivity index (χ4v) is 3.87. The van der Waals surface area contributed by atoms with E-state index in [1.807, 2.05) is 0 Å². The van der Waals surface area contributed by atoms with Crippen LogP contribution >= 0.6 is 0 Å². The Morgan fingerprint density at radius 3 is 2.56 bits per heavy atom. The predicted octanol–water partition coefficient (Wildman–Crippen LogP) is 1.63. The van der Waals surface area contributed by atoms with Crippen LogP contribution in [-0.4, -0.2) is 33.3 Å². The van der Waals surface area contributed by atoms with Crippen LogP contribution in [0, 0.1) is 0 Å². The van der Waals surface area contributed by atoms with Crippen molar-refractivity contribution in [3.63, 3.8) is 0 Å². The molecule has 8 heteroatoms. The molecule has 1 aromatic rings. The second kappa shape index (κ2) is 8.27. The van der Waals surface area contributed by atoms with E-state index in [4.69, 9.17) is 9.57 Å². The van der Waals surface area contributed by atoms with Gasteiger partial charge in [-0.15, -0.1) is 0 Å². The first-order chi connectivity index (χ1) is 12.0. The number of carbonyl (C=O) groups is 1. The Morgan fingerprint density at radius 2 is 1.92 bits per heavy atom. The molecule has 1 unspecified atom stereocenters. The number of aryl methyl sites for hydroxylation is 1. The van der Waals surface area contributed by atoms with Crippen molar-refractivity contribution in [2.75, 3.05) is 6.61 Å².